The second-order valence-corrected chi connectivity index (χ2v) is 6.22. The minimum atomic E-state index is -0.468. The lowest BCUT2D eigenvalue weighted by Crippen LogP contribution is -2.14. The van der Waals surface area contributed by atoms with Gasteiger partial charge in [-0.2, -0.15) is 0 Å². The number of anilines is 1. The van der Waals surface area contributed by atoms with Crippen molar-refractivity contribution in [2.24, 2.45) is 0 Å². The van der Waals surface area contributed by atoms with Gasteiger partial charge in [0.05, 0.1) is 34.7 Å². The molecule has 28 heavy (non-hydrogen) atoms. The molecule has 1 aromatic heterocycles. The van der Waals surface area contributed by atoms with Gasteiger partial charge in [0.25, 0.3) is 5.91 Å². The molecule has 0 aliphatic rings. The first-order valence-corrected chi connectivity index (χ1v) is 9.05. The van der Waals surface area contributed by atoms with Gasteiger partial charge in [0.15, 0.2) is 0 Å². The van der Waals surface area contributed by atoms with Crippen LogP contribution in [-0.4, -0.2) is 18.5 Å². The molecule has 0 saturated heterocycles. The third-order valence-corrected chi connectivity index (χ3v) is 4.20. The molecule has 0 radical (unpaired) electrons. The average molecular weight is 396 g/mol. The van der Waals surface area contributed by atoms with Crippen LogP contribution in [0.15, 0.2) is 71.3 Å². The second-order valence-electron chi connectivity index (χ2n) is 5.81. The van der Waals surface area contributed by atoms with Gasteiger partial charge in [-0.25, -0.2) is 4.79 Å². The van der Waals surface area contributed by atoms with E-state index in [4.69, 9.17) is 20.8 Å². The van der Waals surface area contributed by atoms with Crippen LogP contribution < -0.4 is 5.32 Å². The van der Waals surface area contributed by atoms with Gasteiger partial charge in [0, 0.05) is 0 Å². The van der Waals surface area contributed by atoms with Crippen molar-refractivity contribution in [2.75, 3.05) is 11.9 Å². The molecule has 2 aromatic carbocycles. The van der Waals surface area contributed by atoms with Crippen molar-refractivity contribution in [1.29, 1.82) is 0 Å². The van der Waals surface area contributed by atoms with Crippen LogP contribution >= 0.6 is 11.6 Å². The number of carbonyl (C=O) groups excluding carboxylic acids is 2. The zero-order chi connectivity index (χ0) is 19.9. The molecule has 6 heteroatoms. The maximum absolute atomic E-state index is 12.9. The molecule has 1 heterocycles. The Kier molecular flexibility index (Phi) is 6.29. The van der Waals surface area contributed by atoms with E-state index in [0.717, 1.165) is 5.56 Å². The lowest BCUT2D eigenvalue weighted by atomic mass is 10.0. The van der Waals surface area contributed by atoms with E-state index in [1.807, 2.05) is 30.3 Å². The fraction of sp³-hybridized carbons (Fsp3) is 0.0909. The van der Waals surface area contributed by atoms with Gasteiger partial charge >= 0.3 is 5.97 Å². The minimum absolute atomic E-state index is 0.240. The summed E-state index contributed by atoms with van der Waals surface area (Å²) in [7, 11) is 0. The van der Waals surface area contributed by atoms with Crippen LogP contribution in [0.4, 0.5) is 5.69 Å². The fourth-order valence-corrected chi connectivity index (χ4v) is 2.79. The number of ether oxygens (including phenoxy) is 1. The van der Waals surface area contributed by atoms with E-state index in [9.17, 15) is 9.59 Å². The Morgan fingerprint density at radius 3 is 2.50 bits per heavy atom. The highest BCUT2D eigenvalue weighted by molar-refractivity contribution is 6.36. The summed E-state index contributed by atoms with van der Waals surface area (Å²) in [6.07, 6.45) is 3.20. The molecule has 0 bridgehead atoms. The molecule has 3 rings (SSSR count). The summed E-state index contributed by atoms with van der Waals surface area (Å²) in [5.41, 5.74) is 1.86. The smallest absolute Gasteiger partial charge is 0.338 e. The van der Waals surface area contributed by atoms with Crippen LogP contribution in [0.2, 0.25) is 5.02 Å². The molecule has 0 spiro atoms. The number of furan rings is 1. The van der Waals surface area contributed by atoms with Gasteiger partial charge in [-0.3, -0.25) is 4.79 Å². The summed E-state index contributed by atoms with van der Waals surface area (Å²) in [4.78, 5) is 24.8. The van der Waals surface area contributed by atoms with Crippen LogP contribution in [0.3, 0.4) is 0 Å². The number of rotatable bonds is 6. The molecule has 0 aliphatic carbocycles. The first-order chi connectivity index (χ1) is 13.6. The maximum Gasteiger partial charge on any atom is 0.338 e. The van der Waals surface area contributed by atoms with Crippen molar-refractivity contribution in [3.05, 3.63) is 88.8 Å². The van der Waals surface area contributed by atoms with E-state index in [1.54, 1.807) is 37.3 Å². The van der Waals surface area contributed by atoms with E-state index in [2.05, 4.69) is 5.32 Å². The number of benzene rings is 2. The number of hydrogen-bond acceptors (Lipinski definition) is 4. The first-order valence-electron chi connectivity index (χ1n) is 8.67. The van der Waals surface area contributed by atoms with Gasteiger partial charge in [-0.05, 0) is 48.9 Å². The highest BCUT2D eigenvalue weighted by atomic mass is 35.5. The predicted molar refractivity (Wildman–Crippen MR) is 109 cm³/mol. The average Bonchev–Trinajstić information content (AvgIpc) is 3.21. The highest BCUT2D eigenvalue weighted by Gasteiger charge is 2.16. The van der Waals surface area contributed by atoms with Crippen molar-refractivity contribution in [1.82, 2.24) is 0 Å². The zero-order valence-electron chi connectivity index (χ0n) is 15.1. The molecule has 3 aromatic rings. The van der Waals surface area contributed by atoms with Crippen LogP contribution in [0.25, 0.3) is 11.6 Å². The first kappa shape index (κ1) is 19.5. The lowest BCUT2D eigenvalue weighted by molar-refractivity contribution is -0.111. The van der Waals surface area contributed by atoms with Gasteiger partial charge in [0.1, 0.15) is 5.76 Å². The number of amides is 1. The maximum atomic E-state index is 12.9. The summed E-state index contributed by atoms with van der Waals surface area (Å²) >= 11 is 6.25. The summed E-state index contributed by atoms with van der Waals surface area (Å²) < 4.78 is 10.3. The zero-order valence-corrected chi connectivity index (χ0v) is 15.9. The predicted octanol–water partition coefficient (Wildman–Crippen LogP) is 5.29. The van der Waals surface area contributed by atoms with Crippen LogP contribution in [0.5, 0.6) is 0 Å². The lowest BCUT2D eigenvalue weighted by Gasteiger charge is -2.11. The van der Waals surface area contributed by atoms with Gasteiger partial charge in [0.2, 0.25) is 0 Å². The van der Waals surface area contributed by atoms with Gasteiger partial charge in [-0.1, -0.05) is 41.9 Å². The Bertz CT molecular complexity index is 995. The Morgan fingerprint density at radius 1 is 1.07 bits per heavy atom. The molecule has 5 nitrogen and oxygen atoms in total. The summed E-state index contributed by atoms with van der Waals surface area (Å²) in [5, 5.41) is 3.03. The number of halogens is 1. The third kappa shape index (κ3) is 4.69. The van der Waals surface area contributed by atoms with Crippen molar-refractivity contribution >= 4 is 40.8 Å². The Hall–Kier alpha value is -3.31. The minimum Gasteiger partial charge on any atom is -0.465 e. The summed E-state index contributed by atoms with van der Waals surface area (Å²) in [6.45, 7) is 2.00. The number of nitrogens with one attached hydrogen (secondary N) is 1. The summed E-state index contributed by atoms with van der Waals surface area (Å²) in [5.74, 6) is -0.267. The van der Waals surface area contributed by atoms with Crippen LogP contribution in [0.1, 0.15) is 28.6 Å². The molecular formula is C22H18ClNO4. The SMILES string of the molecule is CCOC(=O)c1ccc(NC(=O)/C(=C/c2ccco2)c2ccccc2)c(Cl)c1. The summed E-state index contributed by atoms with van der Waals surface area (Å²) in [6, 6.07) is 17.3. The quantitative estimate of drug-likeness (QED) is 0.455. The molecule has 0 fully saturated rings. The normalized spacial score (nSPS) is 11.1. The Morgan fingerprint density at radius 2 is 1.86 bits per heavy atom. The molecule has 142 valence electrons. The molecular weight excluding hydrogens is 378 g/mol. The molecule has 0 saturated carbocycles. The van der Waals surface area contributed by atoms with Crippen molar-refractivity contribution in [2.45, 2.75) is 6.92 Å². The molecule has 0 atom stereocenters. The fourth-order valence-electron chi connectivity index (χ4n) is 2.56. The van der Waals surface area contributed by atoms with Crippen LogP contribution in [0, 0.1) is 0 Å². The largest absolute Gasteiger partial charge is 0.465 e. The topological polar surface area (TPSA) is 68.5 Å². The third-order valence-electron chi connectivity index (χ3n) is 3.89. The van der Waals surface area contributed by atoms with E-state index in [0.29, 0.717) is 22.6 Å². The number of esters is 1. The standard InChI is InChI=1S/C22H18ClNO4/c1-2-27-22(26)16-10-11-20(19(23)13-16)24-21(25)18(14-17-9-6-12-28-17)15-7-4-3-5-8-15/h3-14H,2H2,1H3,(H,24,25)/b18-14+. The van der Waals surface area contributed by atoms with Crippen LogP contribution in [-0.2, 0) is 9.53 Å². The van der Waals surface area contributed by atoms with Crippen molar-refractivity contribution in [3.8, 4) is 0 Å². The molecule has 1 N–H and O–H groups in total. The van der Waals surface area contributed by atoms with Gasteiger partial charge < -0.3 is 14.5 Å². The van der Waals surface area contributed by atoms with E-state index < -0.39 is 5.97 Å². The van der Waals surface area contributed by atoms with Gasteiger partial charge in [-0.15, -0.1) is 0 Å². The Balaban J connectivity index is 1.87. The molecule has 0 aliphatic heterocycles. The molecule has 1 amide bonds. The highest BCUT2D eigenvalue weighted by Crippen LogP contribution is 2.26. The number of hydrogen-bond donors (Lipinski definition) is 1. The van der Waals surface area contributed by atoms with Crippen molar-refractivity contribution in [3.63, 3.8) is 0 Å². The Labute approximate surface area is 167 Å². The number of carbonyl (C=O) groups is 2. The van der Waals surface area contributed by atoms with E-state index in [1.165, 1.54) is 12.3 Å². The molecule has 0 unspecified atom stereocenters. The van der Waals surface area contributed by atoms with Crippen molar-refractivity contribution < 1.29 is 18.7 Å². The van der Waals surface area contributed by atoms with E-state index in [-0.39, 0.29) is 17.5 Å². The second kappa shape index (κ2) is 9.06. The monoisotopic (exact) mass is 395 g/mol. The van der Waals surface area contributed by atoms with E-state index >= 15 is 0 Å².